The van der Waals surface area contributed by atoms with Gasteiger partial charge in [-0.25, -0.2) is 0 Å². The summed E-state index contributed by atoms with van der Waals surface area (Å²) in [6.45, 7) is 4.69. The van der Waals surface area contributed by atoms with Crippen LogP contribution in [0, 0.1) is 0 Å². The van der Waals surface area contributed by atoms with Crippen LogP contribution in [-0.2, 0) is 10.8 Å². The third-order valence-electron chi connectivity index (χ3n) is 9.84. The predicted molar refractivity (Wildman–Crippen MR) is 172 cm³/mol. The van der Waals surface area contributed by atoms with Gasteiger partial charge in [0.05, 0.1) is 10.4 Å². The van der Waals surface area contributed by atoms with Crippen molar-refractivity contribution in [2.45, 2.75) is 24.7 Å². The van der Waals surface area contributed by atoms with Crippen molar-refractivity contribution in [3.63, 3.8) is 0 Å². The highest BCUT2D eigenvalue weighted by atomic mass is 35.5. The fourth-order valence-corrected chi connectivity index (χ4v) is 8.16. The lowest BCUT2D eigenvalue weighted by Crippen LogP contribution is -2.32. The molecule has 3 aliphatic rings. The molecule has 0 N–H and O–H groups in total. The zero-order valence-electron chi connectivity index (χ0n) is 23.4. The summed E-state index contributed by atoms with van der Waals surface area (Å²) >= 11 is 6.85. The Morgan fingerprint density at radius 2 is 1.02 bits per heavy atom. The van der Waals surface area contributed by atoms with Gasteiger partial charge in [0, 0.05) is 16.5 Å². The molecule has 2 aliphatic carbocycles. The highest BCUT2D eigenvalue weighted by molar-refractivity contribution is 6.32. The summed E-state index contributed by atoms with van der Waals surface area (Å²) in [7, 11) is 0. The molecule has 6 aromatic carbocycles. The van der Waals surface area contributed by atoms with E-state index in [1.165, 1.54) is 55.6 Å². The largest absolute Gasteiger partial charge is 0.455 e. The van der Waals surface area contributed by atoms with Crippen molar-refractivity contribution in [3.8, 4) is 44.9 Å². The fraction of sp³-hybridized carbons (Fsp3) is 0.100. The minimum absolute atomic E-state index is 0.0501. The Balaban J connectivity index is 1.32. The van der Waals surface area contributed by atoms with Crippen molar-refractivity contribution in [2.24, 2.45) is 0 Å². The summed E-state index contributed by atoms with van der Waals surface area (Å²) in [6.07, 6.45) is 0. The Kier molecular flexibility index (Phi) is 4.72. The second kappa shape index (κ2) is 8.25. The van der Waals surface area contributed by atoms with Crippen LogP contribution >= 0.6 is 11.6 Å². The molecule has 1 heterocycles. The van der Waals surface area contributed by atoms with Gasteiger partial charge < -0.3 is 4.74 Å². The van der Waals surface area contributed by atoms with Gasteiger partial charge in [-0.15, -0.1) is 0 Å². The molecule has 200 valence electrons. The first kappa shape index (κ1) is 24.1. The topological polar surface area (TPSA) is 9.23 Å². The van der Waals surface area contributed by atoms with Gasteiger partial charge in [0.15, 0.2) is 5.75 Å². The van der Waals surface area contributed by atoms with Crippen LogP contribution in [0.15, 0.2) is 127 Å². The van der Waals surface area contributed by atoms with E-state index in [2.05, 4.69) is 123 Å². The van der Waals surface area contributed by atoms with E-state index in [1.807, 2.05) is 18.2 Å². The predicted octanol–water partition coefficient (Wildman–Crippen LogP) is 10.8. The maximum atomic E-state index is 6.85. The molecule has 0 amide bonds. The van der Waals surface area contributed by atoms with Gasteiger partial charge >= 0.3 is 0 Å². The van der Waals surface area contributed by atoms with Crippen molar-refractivity contribution in [1.29, 1.82) is 0 Å². The van der Waals surface area contributed by atoms with Gasteiger partial charge in [-0.1, -0.05) is 129 Å². The van der Waals surface area contributed by atoms with Gasteiger partial charge in [0.1, 0.15) is 5.75 Å². The number of hydrogen-bond donors (Lipinski definition) is 0. The molecule has 0 bridgehead atoms. The van der Waals surface area contributed by atoms with Gasteiger partial charge in [0.2, 0.25) is 0 Å². The van der Waals surface area contributed by atoms with E-state index >= 15 is 0 Å². The highest BCUT2D eigenvalue weighted by Crippen LogP contribution is 2.63. The molecule has 2 heteroatoms. The molecule has 1 nitrogen and oxygen atoms in total. The lowest BCUT2D eigenvalue weighted by molar-refractivity contribution is 0.436. The van der Waals surface area contributed by atoms with Crippen LogP contribution in [0.1, 0.15) is 47.2 Å². The second-order valence-electron chi connectivity index (χ2n) is 12.2. The molecule has 0 saturated heterocycles. The first-order chi connectivity index (χ1) is 20.5. The molecule has 0 fully saturated rings. The van der Waals surface area contributed by atoms with Gasteiger partial charge in [-0.3, -0.25) is 0 Å². The van der Waals surface area contributed by atoms with Crippen LogP contribution in [0.2, 0.25) is 5.02 Å². The van der Waals surface area contributed by atoms with E-state index in [4.69, 9.17) is 16.3 Å². The number of para-hydroxylation sites is 2. The SMILES string of the molecule is CC1(C)c2ccccc2-c2ccc(-c3ccc4c(c3)C3(c5ccccc5Oc5c(Cl)cccc53)c3ccccc3-4)cc21. The quantitative estimate of drug-likeness (QED) is 0.195. The summed E-state index contributed by atoms with van der Waals surface area (Å²) in [5.74, 6) is 1.59. The van der Waals surface area contributed by atoms with Crippen LogP contribution in [0.4, 0.5) is 0 Å². The molecule has 6 aromatic rings. The monoisotopic (exact) mass is 558 g/mol. The van der Waals surface area contributed by atoms with Crippen molar-refractivity contribution >= 4 is 11.6 Å². The summed E-state index contributed by atoms with van der Waals surface area (Å²) < 4.78 is 6.51. The van der Waals surface area contributed by atoms with Crippen LogP contribution in [0.5, 0.6) is 11.5 Å². The molecule has 1 atom stereocenters. The Hall–Kier alpha value is -4.59. The Bertz CT molecular complexity index is 2120. The average Bonchev–Trinajstić information content (AvgIpc) is 3.44. The van der Waals surface area contributed by atoms with Gasteiger partial charge in [-0.2, -0.15) is 0 Å². The molecular formula is C40H27ClO. The zero-order chi connectivity index (χ0) is 28.2. The van der Waals surface area contributed by atoms with Gasteiger partial charge in [-0.05, 0) is 79.9 Å². The van der Waals surface area contributed by atoms with Crippen molar-refractivity contribution in [1.82, 2.24) is 0 Å². The molecule has 1 aliphatic heterocycles. The number of fused-ring (bicyclic) bond motifs is 12. The molecule has 0 saturated carbocycles. The molecule has 42 heavy (non-hydrogen) atoms. The second-order valence-corrected chi connectivity index (χ2v) is 12.6. The normalized spacial score (nSPS) is 17.9. The number of halogens is 1. The summed E-state index contributed by atoms with van der Waals surface area (Å²) in [4.78, 5) is 0. The lowest BCUT2D eigenvalue weighted by Gasteiger charge is -2.39. The number of hydrogen-bond acceptors (Lipinski definition) is 1. The standard InChI is InChI=1S/C40H27ClO/c1-39(2)30-12-5-3-10-26(30)28-20-18-24(22-34(28)39)25-19-21-29-27-11-4-6-13-31(27)40(35(29)23-25)32-14-7-8-17-37(32)42-38-33(40)15-9-16-36(38)41/h3-23H,1-2H3. The van der Waals surface area contributed by atoms with Crippen molar-refractivity contribution in [2.75, 3.05) is 0 Å². The van der Waals surface area contributed by atoms with E-state index in [-0.39, 0.29) is 5.41 Å². The van der Waals surface area contributed by atoms with Crippen LogP contribution < -0.4 is 4.74 Å². The third-order valence-corrected chi connectivity index (χ3v) is 10.1. The molecular weight excluding hydrogens is 532 g/mol. The Morgan fingerprint density at radius 1 is 0.476 bits per heavy atom. The summed E-state index contributed by atoms with van der Waals surface area (Å²) in [6, 6.07) is 46.3. The average molecular weight is 559 g/mol. The lowest BCUT2D eigenvalue weighted by atomic mass is 9.66. The van der Waals surface area contributed by atoms with E-state index in [9.17, 15) is 0 Å². The first-order valence-electron chi connectivity index (χ1n) is 14.5. The summed E-state index contributed by atoms with van der Waals surface area (Å²) in [5.41, 5.74) is 14.6. The van der Waals surface area contributed by atoms with E-state index in [0.717, 1.165) is 22.6 Å². The first-order valence-corrected chi connectivity index (χ1v) is 14.9. The van der Waals surface area contributed by atoms with E-state index in [1.54, 1.807) is 0 Å². The molecule has 0 radical (unpaired) electrons. The number of benzene rings is 6. The Morgan fingerprint density at radius 3 is 1.79 bits per heavy atom. The fourth-order valence-electron chi connectivity index (χ4n) is 7.95. The maximum Gasteiger partial charge on any atom is 0.150 e. The van der Waals surface area contributed by atoms with Crippen LogP contribution in [0.3, 0.4) is 0 Å². The highest BCUT2D eigenvalue weighted by Gasteiger charge is 2.51. The number of rotatable bonds is 1. The smallest absolute Gasteiger partial charge is 0.150 e. The van der Waals surface area contributed by atoms with Crippen LogP contribution in [-0.4, -0.2) is 0 Å². The summed E-state index contributed by atoms with van der Waals surface area (Å²) in [5, 5.41) is 0.629. The minimum atomic E-state index is -0.538. The van der Waals surface area contributed by atoms with Crippen molar-refractivity contribution < 1.29 is 4.74 Å². The molecule has 1 unspecified atom stereocenters. The van der Waals surface area contributed by atoms with E-state index < -0.39 is 5.41 Å². The van der Waals surface area contributed by atoms with Crippen molar-refractivity contribution in [3.05, 3.63) is 166 Å². The molecule has 9 rings (SSSR count). The molecule has 1 spiro atoms. The zero-order valence-corrected chi connectivity index (χ0v) is 24.2. The van der Waals surface area contributed by atoms with Gasteiger partial charge in [0.25, 0.3) is 0 Å². The van der Waals surface area contributed by atoms with E-state index in [0.29, 0.717) is 5.02 Å². The van der Waals surface area contributed by atoms with Crippen LogP contribution in [0.25, 0.3) is 33.4 Å². The number of ether oxygens (including phenoxy) is 1. The maximum absolute atomic E-state index is 6.85. The molecule has 0 aromatic heterocycles. The third kappa shape index (κ3) is 2.89. The minimum Gasteiger partial charge on any atom is -0.455 e. The Labute approximate surface area is 251 Å².